The van der Waals surface area contributed by atoms with Crippen LogP contribution in [-0.4, -0.2) is 33.2 Å². The number of likely N-dealkylation sites (N-methyl/N-ethyl adjacent to an activating group) is 1. The smallest absolute Gasteiger partial charge is 0.224 e. The Bertz CT molecular complexity index is 440. The Balaban J connectivity index is 2.32. The highest BCUT2D eigenvalue weighted by atomic mass is 16.2. The Labute approximate surface area is 108 Å². The summed E-state index contributed by atoms with van der Waals surface area (Å²) in [5.74, 6) is 0.151. The maximum atomic E-state index is 11.9. The number of amides is 1. The first-order valence-corrected chi connectivity index (χ1v) is 6.67. The summed E-state index contributed by atoms with van der Waals surface area (Å²) in [7, 11) is 0. The van der Waals surface area contributed by atoms with Crippen molar-refractivity contribution in [3.05, 3.63) is 17.5 Å². The molecule has 0 unspecified atom stereocenters. The number of likely N-dealkylation sites (tertiary alicyclic amines) is 1. The summed E-state index contributed by atoms with van der Waals surface area (Å²) in [5.41, 5.74) is 8.20. The molecule has 0 bridgehead atoms. The van der Waals surface area contributed by atoms with Crippen molar-refractivity contribution in [3.8, 4) is 0 Å². The van der Waals surface area contributed by atoms with E-state index in [0.29, 0.717) is 13.0 Å². The predicted octanol–water partition coefficient (Wildman–Crippen LogP) is 1.22. The van der Waals surface area contributed by atoms with Crippen molar-refractivity contribution in [1.82, 2.24) is 14.7 Å². The molecule has 1 aliphatic heterocycles. The van der Waals surface area contributed by atoms with Gasteiger partial charge in [0.1, 0.15) is 0 Å². The molecule has 100 valence electrons. The Hall–Kier alpha value is -1.36. The zero-order valence-corrected chi connectivity index (χ0v) is 11.4. The number of aryl methyl sites for hydroxylation is 2. The Morgan fingerprint density at radius 1 is 1.50 bits per heavy atom. The van der Waals surface area contributed by atoms with Gasteiger partial charge >= 0.3 is 0 Å². The van der Waals surface area contributed by atoms with Crippen LogP contribution in [0.25, 0.3) is 0 Å². The van der Waals surface area contributed by atoms with Gasteiger partial charge in [-0.1, -0.05) is 6.92 Å². The van der Waals surface area contributed by atoms with E-state index in [4.69, 9.17) is 5.73 Å². The van der Waals surface area contributed by atoms with Gasteiger partial charge in [0.2, 0.25) is 5.91 Å². The minimum atomic E-state index is -0.115. The molecule has 1 amide bonds. The van der Waals surface area contributed by atoms with E-state index in [1.165, 1.54) is 0 Å². The predicted molar refractivity (Wildman–Crippen MR) is 70.0 cm³/mol. The number of nitrogens with zero attached hydrogens (tertiary/aromatic N) is 3. The molecule has 2 atom stereocenters. The van der Waals surface area contributed by atoms with Crippen LogP contribution in [0.2, 0.25) is 0 Å². The van der Waals surface area contributed by atoms with E-state index in [0.717, 1.165) is 24.2 Å². The van der Waals surface area contributed by atoms with Crippen molar-refractivity contribution in [2.45, 2.75) is 52.2 Å². The molecular weight excluding hydrogens is 228 g/mol. The van der Waals surface area contributed by atoms with Crippen molar-refractivity contribution in [2.75, 3.05) is 6.54 Å². The molecule has 1 fully saturated rings. The lowest BCUT2D eigenvalue weighted by molar-refractivity contribution is -0.128. The zero-order chi connectivity index (χ0) is 13.3. The van der Waals surface area contributed by atoms with Crippen molar-refractivity contribution in [2.24, 2.45) is 5.73 Å². The summed E-state index contributed by atoms with van der Waals surface area (Å²) in [6.45, 7) is 7.72. The van der Waals surface area contributed by atoms with Crippen molar-refractivity contribution < 1.29 is 4.79 Å². The molecule has 2 heterocycles. The number of carbonyl (C=O) groups is 1. The lowest BCUT2D eigenvalue weighted by Gasteiger charge is -2.25. The molecule has 2 rings (SSSR count). The first-order valence-electron chi connectivity index (χ1n) is 6.67. The molecule has 1 aromatic heterocycles. The average Bonchev–Trinajstić information content (AvgIpc) is 2.79. The Kier molecular flexibility index (Phi) is 3.71. The zero-order valence-electron chi connectivity index (χ0n) is 11.4. The number of carbonyl (C=O) groups excluding carboxylic acids is 1. The summed E-state index contributed by atoms with van der Waals surface area (Å²) in [6, 6.07) is -0.122. The first kappa shape index (κ1) is 13.1. The quantitative estimate of drug-likeness (QED) is 0.874. The van der Waals surface area contributed by atoms with Crippen molar-refractivity contribution in [3.63, 3.8) is 0 Å². The number of aromatic nitrogens is 2. The van der Waals surface area contributed by atoms with E-state index in [-0.39, 0.29) is 18.0 Å². The first-order chi connectivity index (χ1) is 8.58. The van der Waals surface area contributed by atoms with Crippen LogP contribution in [0, 0.1) is 6.92 Å². The average molecular weight is 250 g/mol. The van der Waals surface area contributed by atoms with Crippen LogP contribution in [-0.2, 0) is 11.3 Å². The van der Waals surface area contributed by atoms with Gasteiger partial charge in [-0.2, -0.15) is 5.10 Å². The lowest BCUT2D eigenvalue weighted by atomic mass is 10.0. The summed E-state index contributed by atoms with van der Waals surface area (Å²) >= 11 is 0. The number of nitrogens with two attached hydrogens (primary N) is 1. The maximum Gasteiger partial charge on any atom is 0.224 e. The molecule has 0 saturated carbocycles. The van der Waals surface area contributed by atoms with Gasteiger partial charge in [-0.15, -0.1) is 0 Å². The van der Waals surface area contributed by atoms with E-state index in [9.17, 15) is 4.79 Å². The van der Waals surface area contributed by atoms with E-state index in [1.54, 1.807) is 0 Å². The minimum absolute atomic E-state index is 0.00638. The van der Waals surface area contributed by atoms with Gasteiger partial charge in [0.05, 0.1) is 11.7 Å². The van der Waals surface area contributed by atoms with Gasteiger partial charge in [-0.05, 0) is 20.3 Å². The molecule has 18 heavy (non-hydrogen) atoms. The molecular formula is C13H22N4O. The van der Waals surface area contributed by atoms with Crippen LogP contribution in [0.1, 0.15) is 44.0 Å². The molecule has 1 aromatic rings. The van der Waals surface area contributed by atoms with E-state index in [2.05, 4.69) is 12.0 Å². The Morgan fingerprint density at radius 2 is 2.22 bits per heavy atom. The second-order valence-electron chi connectivity index (χ2n) is 4.93. The fourth-order valence-electron chi connectivity index (χ4n) is 2.76. The van der Waals surface area contributed by atoms with Crippen LogP contribution in [0.3, 0.4) is 0 Å². The fraction of sp³-hybridized carbons (Fsp3) is 0.692. The Morgan fingerprint density at radius 3 is 2.83 bits per heavy atom. The summed E-state index contributed by atoms with van der Waals surface area (Å²) in [5, 5.41) is 4.50. The molecule has 0 aliphatic carbocycles. The fourth-order valence-corrected chi connectivity index (χ4v) is 2.76. The normalized spacial score (nSPS) is 24.0. The van der Waals surface area contributed by atoms with Crippen LogP contribution in [0.5, 0.6) is 0 Å². The van der Waals surface area contributed by atoms with E-state index < -0.39 is 0 Å². The molecule has 0 radical (unpaired) electrons. The SMILES string of the molecule is CCCn1cc([C@@H]2[C@@H](N)CC(=O)N2CC)c(C)n1. The highest BCUT2D eigenvalue weighted by Gasteiger charge is 2.39. The van der Waals surface area contributed by atoms with Crippen LogP contribution in [0.15, 0.2) is 6.20 Å². The van der Waals surface area contributed by atoms with E-state index >= 15 is 0 Å². The molecule has 1 aliphatic rings. The molecule has 1 saturated heterocycles. The third kappa shape index (κ3) is 2.14. The molecule has 5 nitrogen and oxygen atoms in total. The second-order valence-corrected chi connectivity index (χ2v) is 4.93. The minimum Gasteiger partial charge on any atom is -0.334 e. The van der Waals surface area contributed by atoms with Crippen molar-refractivity contribution >= 4 is 5.91 Å². The van der Waals surface area contributed by atoms with Crippen LogP contribution >= 0.6 is 0 Å². The molecule has 0 aromatic carbocycles. The van der Waals surface area contributed by atoms with Gasteiger partial charge in [-0.3, -0.25) is 9.48 Å². The van der Waals surface area contributed by atoms with Gasteiger partial charge < -0.3 is 10.6 Å². The molecule has 2 N–H and O–H groups in total. The third-order valence-corrected chi connectivity index (χ3v) is 3.57. The van der Waals surface area contributed by atoms with Crippen LogP contribution in [0.4, 0.5) is 0 Å². The molecule has 0 spiro atoms. The van der Waals surface area contributed by atoms with Gasteiger partial charge in [-0.25, -0.2) is 0 Å². The number of rotatable bonds is 4. The maximum absolute atomic E-state index is 11.9. The lowest BCUT2D eigenvalue weighted by Crippen LogP contribution is -2.33. The van der Waals surface area contributed by atoms with Crippen molar-refractivity contribution in [1.29, 1.82) is 0 Å². The second kappa shape index (κ2) is 5.10. The topological polar surface area (TPSA) is 64.2 Å². The van der Waals surface area contributed by atoms with Gasteiger partial charge in [0.25, 0.3) is 0 Å². The van der Waals surface area contributed by atoms with Crippen LogP contribution < -0.4 is 5.73 Å². The highest BCUT2D eigenvalue weighted by molar-refractivity contribution is 5.80. The summed E-state index contributed by atoms with van der Waals surface area (Å²) in [6.07, 6.45) is 3.54. The standard InChI is InChI=1S/C13H22N4O/c1-4-6-16-8-10(9(3)15-16)13-11(14)7-12(18)17(13)5-2/h8,11,13H,4-7,14H2,1-3H3/t11-,13+/m0/s1. The van der Waals surface area contributed by atoms with Gasteiger partial charge in [0.15, 0.2) is 0 Å². The number of hydrogen-bond donors (Lipinski definition) is 1. The largest absolute Gasteiger partial charge is 0.334 e. The third-order valence-electron chi connectivity index (χ3n) is 3.57. The highest BCUT2D eigenvalue weighted by Crippen LogP contribution is 2.33. The summed E-state index contributed by atoms with van der Waals surface area (Å²) in [4.78, 5) is 13.7. The monoisotopic (exact) mass is 250 g/mol. The molecule has 5 heteroatoms. The summed E-state index contributed by atoms with van der Waals surface area (Å²) < 4.78 is 1.95. The van der Waals surface area contributed by atoms with Gasteiger partial charge in [0, 0.05) is 37.3 Å². The van der Waals surface area contributed by atoms with E-state index in [1.807, 2.05) is 29.6 Å². The number of hydrogen-bond acceptors (Lipinski definition) is 3.